The van der Waals surface area contributed by atoms with E-state index in [-0.39, 0.29) is 11.5 Å². The predicted molar refractivity (Wildman–Crippen MR) is 87.3 cm³/mol. The number of carbonyl (C=O) groups is 2. The Morgan fingerprint density at radius 2 is 1.95 bits per heavy atom. The molecule has 0 fully saturated rings. The Labute approximate surface area is 134 Å². The normalized spacial score (nSPS) is 10.5. The molecule has 0 saturated heterocycles. The highest BCUT2D eigenvalue weighted by molar-refractivity contribution is 7.10. The molecule has 4 nitrogen and oxygen atoms in total. The highest BCUT2D eigenvalue weighted by Crippen LogP contribution is 2.18. The van der Waals surface area contributed by atoms with E-state index >= 15 is 0 Å². The quantitative estimate of drug-likeness (QED) is 0.889. The van der Waals surface area contributed by atoms with Gasteiger partial charge in [-0.1, -0.05) is 18.2 Å². The largest absolute Gasteiger partial charge is 0.478 e. The summed E-state index contributed by atoms with van der Waals surface area (Å²) < 4.78 is 0. The van der Waals surface area contributed by atoms with E-state index in [2.05, 4.69) is 0 Å². The van der Waals surface area contributed by atoms with Gasteiger partial charge in [0.1, 0.15) is 0 Å². The molecule has 2 rings (SSSR count). The molecule has 1 aromatic heterocycles. The highest BCUT2D eigenvalue weighted by atomic mass is 32.1. The summed E-state index contributed by atoms with van der Waals surface area (Å²) >= 11 is 1.64. The van der Waals surface area contributed by atoms with Crippen molar-refractivity contribution < 1.29 is 14.7 Å². The van der Waals surface area contributed by atoms with Crippen molar-refractivity contribution in [3.63, 3.8) is 0 Å². The lowest BCUT2D eigenvalue weighted by atomic mass is 10.0. The lowest BCUT2D eigenvalue weighted by Gasteiger charge is -2.17. The molecule has 22 heavy (non-hydrogen) atoms. The third-order valence-electron chi connectivity index (χ3n) is 3.63. The van der Waals surface area contributed by atoms with Crippen LogP contribution in [0.5, 0.6) is 0 Å². The predicted octanol–water partition coefficient (Wildman–Crippen LogP) is 3.35. The minimum absolute atomic E-state index is 0.0213. The van der Waals surface area contributed by atoms with Crippen LogP contribution < -0.4 is 0 Å². The molecule has 0 spiro atoms. The van der Waals surface area contributed by atoms with Crippen LogP contribution in [0, 0.1) is 6.92 Å². The molecule has 1 N–H and O–H groups in total. The molecule has 0 aliphatic heterocycles. The fourth-order valence-corrected chi connectivity index (χ4v) is 3.21. The minimum atomic E-state index is -0.953. The molecule has 1 aromatic carbocycles. The van der Waals surface area contributed by atoms with Gasteiger partial charge in [-0.05, 0) is 42.0 Å². The third kappa shape index (κ3) is 3.95. The molecule has 0 aliphatic carbocycles. The van der Waals surface area contributed by atoms with Gasteiger partial charge in [0.05, 0.1) is 12.1 Å². The van der Waals surface area contributed by atoms with Crippen molar-refractivity contribution >= 4 is 23.2 Å². The Kier molecular flexibility index (Phi) is 5.33. The summed E-state index contributed by atoms with van der Waals surface area (Å²) in [4.78, 5) is 26.3. The molecular formula is C17H19NO3S. The molecule has 116 valence electrons. The van der Waals surface area contributed by atoms with Crippen molar-refractivity contribution in [2.45, 2.75) is 26.3 Å². The van der Waals surface area contributed by atoms with Gasteiger partial charge in [-0.3, -0.25) is 4.79 Å². The van der Waals surface area contributed by atoms with Crippen LogP contribution in [0.1, 0.15) is 32.8 Å². The monoisotopic (exact) mass is 317 g/mol. The maximum Gasteiger partial charge on any atom is 0.335 e. The smallest absolute Gasteiger partial charge is 0.335 e. The lowest BCUT2D eigenvalue weighted by molar-refractivity contribution is -0.130. The summed E-state index contributed by atoms with van der Waals surface area (Å²) in [6, 6.07) is 8.87. The Morgan fingerprint density at radius 3 is 2.59 bits per heavy atom. The second-order valence-corrected chi connectivity index (χ2v) is 6.24. The van der Waals surface area contributed by atoms with E-state index in [9.17, 15) is 9.59 Å². The highest BCUT2D eigenvalue weighted by Gasteiger charge is 2.14. The van der Waals surface area contributed by atoms with Gasteiger partial charge in [-0.15, -0.1) is 11.3 Å². The number of hydrogen-bond donors (Lipinski definition) is 1. The van der Waals surface area contributed by atoms with E-state index in [4.69, 9.17) is 5.11 Å². The van der Waals surface area contributed by atoms with Crippen molar-refractivity contribution in [3.8, 4) is 0 Å². The second kappa shape index (κ2) is 7.22. The molecule has 0 unspecified atom stereocenters. The fraction of sp³-hybridized carbons (Fsp3) is 0.294. The van der Waals surface area contributed by atoms with Gasteiger partial charge in [0.25, 0.3) is 0 Å². The maximum atomic E-state index is 12.2. The first kappa shape index (κ1) is 16.2. The lowest BCUT2D eigenvalue weighted by Crippen LogP contribution is -2.26. The number of aromatic carboxylic acids is 1. The molecule has 0 radical (unpaired) electrons. The topological polar surface area (TPSA) is 57.6 Å². The van der Waals surface area contributed by atoms with Gasteiger partial charge in [0.15, 0.2) is 0 Å². The van der Waals surface area contributed by atoms with Crippen LogP contribution in [-0.4, -0.2) is 28.9 Å². The van der Waals surface area contributed by atoms with Gasteiger partial charge in [-0.2, -0.15) is 0 Å². The number of rotatable bonds is 6. The number of carboxylic acid groups (broad SMARTS) is 1. The molecule has 0 saturated carbocycles. The number of thiophene rings is 1. The Hall–Kier alpha value is -2.14. The number of benzene rings is 1. The van der Waals surface area contributed by atoms with Crippen molar-refractivity contribution in [2.75, 3.05) is 7.05 Å². The van der Waals surface area contributed by atoms with Gasteiger partial charge in [-0.25, -0.2) is 4.79 Å². The van der Waals surface area contributed by atoms with Gasteiger partial charge >= 0.3 is 5.97 Å². The molecule has 5 heteroatoms. The summed E-state index contributed by atoms with van der Waals surface area (Å²) in [7, 11) is 1.78. The van der Waals surface area contributed by atoms with Crippen LogP contribution in [0.2, 0.25) is 0 Å². The van der Waals surface area contributed by atoms with Crippen LogP contribution in [-0.2, 0) is 17.8 Å². The molecule has 0 atom stereocenters. The molecule has 1 heterocycles. The SMILES string of the molecule is Cc1ccsc1CN(C)C(=O)CCc1ccccc1C(=O)O. The van der Waals surface area contributed by atoms with Crippen molar-refractivity contribution in [3.05, 3.63) is 57.3 Å². The third-order valence-corrected chi connectivity index (χ3v) is 4.64. The fourth-order valence-electron chi connectivity index (χ4n) is 2.25. The van der Waals surface area contributed by atoms with Crippen LogP contribution in [0.3, 0.4) is 0 Å². The first-order valence-corrected chi connectivity index (χ1v) is 7.95. The Morgan fingerprint density at radius 1 is 1.23 bits per heavy atom. The van der Waals surface area contributed by atoms with Crippen molar-refractivity contribution in [1.29, 1.82) is 0 Å². The van der Waals surface area contributed by atoms with Crippen molar-refractivity contribution in [1.82, 2.24) is 4.90 Å². The van der Waals surface area contributed by atoms with E-state index in [0.717, 1.165) is 0 Å². The van der Waals surface area contributed by atoms with E-state index in [1.165, 1.54) is 10.4 Å². The molecular weight excluding hydrogens is 298 g/mol. The van der Waals surface area contributed by atoms with Crippen LogP contribution >= 0.6 is 11.3 Å². The summed E-state index contributed by atoms with van der Waals surface area (Å²) in [5, 5.41) is 11.2. The van der Waals surface area contributed by atoms with Crippen LogP contribution in [0.15, 0.2) is 35.7 Å². The summed E-state index contributed by atoms with van der Waals surface area (Å²) in [6.45, 7) is 2.64. The Bertz CT molecular complexity index is 678. The van der Waals surface area contributed by atoms with Crippen LogP contribution in [0.4, 0.5) is 0 Å². The molecule has 0 aliphatic rings. The van der Waals surface area contributed by atoms with Gasteiger partial charge in [0.2, 0.25) is 5.91 Å². The number of aryl methyl sites for hydroxylation is 2. The van der Waals surface area contributed by atoms with Crippen molar-refractivity contribution in [2.24, 2.45) is 0 Å². The summed E-state index contributed by atoms with van der Waals surface area (Å²) in [6.07, 6.45) is 0.750. The summed E-state index contributed by atoms with van der Waals surface area (Å²) in [5.41, 5.74) is 2.16. The zero-order valence-corrected chi connectivity index (χ0v) is 13.5. The average Bonchev–Trinajstić information content (AvgIpc) is 2.90. The maximum absolute atomic E-state index is 12.2. The van der Waals surface area contributed by atoms with E-state index in [1.807, 2.05) is 18.4 Å². The van der Waals surface area contributed by atoms with E-state index in [0.29, 0.717) is 24.9 Å². The number of carboxylic acids is 1. The van der Waals surface area contributed by atoms with E-state index in [1.54, 1.807) is 47.5 Å². The number of hydrogen-bond acceptors (Lipinski definition) is 3. The number of carbonyl (C=O) groups excluding carboxylic acids is 1. The zero-order chi connectivity index (χ0) is 16.1. The van der Waals surface area contributed by atoms with Gasteiger partial charge < -0.3 is 10.0 Å². The van der Waals surface area contributed by atoms with Gasteiger partial charge in [0, 0.05) is 18.3 Å². The molecule has 2 aromatic rings. The Balaban J connectivity index is 1.95. The standard InChI is InChI=1S/C17H19NO3S/c1-12-9-10-22-15(12)11-18(2)16(19)8-7-13-5-3-4-6-14(13)17(20)21/h3-6,9-10H,7-8,11H2,1-2H3,(H,20,21). The summed E-state index contributed by atoms with van der Waals surface area (Å²) in [5.74, 6) is -0.932. The number of amides is 1. The van der Waals surface area contributed by atoms with E-state index < -0.39 is 5.97 Å². The average molecular weight is 317 g/mol. The first-order valence-electron chi connectivity index (χ1n) is 7.07. The minimum Gasteiger partial charge on any atom is -0.478 e. The number of nitrogens with zero attached hydrogens (tertiary/aromatic N) is 1. The first-order chi connectivity index (χ1) is 10.5. The molecule has 0 bridgehead atoms. The van der Waals surface area contributed by atoms with Crippen LogP contribution in [0.25, 0.3) is 0 Å². The molecule has 1 amide bonds. The second-order valence-electron chi connectivity index (χ2n) is 5.24. The zero-order valence-electron chi connectivity index (χ0n) is 12.7.